The van der Waals surface area contributed by atoms with Gasteiger partial charge in [-0.1, -0.05) is 18.2 Å². The van der Waals surface area contributed by atoms with Crippen molar-refractivity contribution in [1.29, 1.82) is 0 Å². The van der Waals surface area contributed by atoms with Gasteiger partial charge in [-0.25, -0.2) is 22.5 Å². The van der Waals surface area contributed by atoms with E-state index in [9.17, 15) is 12.8 Å². The highest BCUT2D eigenvalue weighted by molar-refractivity contribution is 7.92. The molecule has 0 unspecified atom stereocenters. The third-order valence-corrected chi connectivity index (χ3v) is 4.54. The van der Waals surface area contributed by atoms with E-state index in [-0.39, 0.29) is 10.8 Å². The zero-order valence-corrected chi connectivity index (χ0v) is 11.9. The summed E-state index contributed by atoms with van der Waals surface area (Å²) in [7, 11) is -3.90. The van der Waals surface area contributed by atoms with Gasteiger partial charge in [-0.05, 0) is 36.8 Å². The lowest BCUT2D eigenvalue weighted by atomic mass is 10.2. The molecule has 0 aliphatic heterocycles. The molecule has 0 aliphatic rings. The van der Waals surface area contributed by atoms with Crippen molar-refractivity contribution in [2.24, 2.45) is 0 Å². The standard InChI is InChI=1S/C14H12FN3O2S/c1-9-6-7-10(15)8-13(9)21(19,20)18-14-16-11-4-2-3-5-12(11)17-14/h2-8H,1H3,(H2,16,17,18). The molecule has 0 bridgehead atoms. The van der Waals surface area contributed by atoms with Crippen LogP contribution in [0.2, 0.25) is 0 Å². The van der Waals surface area contributed by atoms with Crippen LogP contribution in [0.1, 0.15) is 5.56 Å². The Hall–Kier alpha value is -2.41. The van der Waals surface area contributed by atoms with Crippen molar-refractivity contribution in [3.63, 3.8) is 0 Å². The van der Waals surface area contributed by atoms with Gasteiger partial charge in [0.15, 0.2) is 0 Å². The van der Waals surface area contributed by atoms with E-state index in [1.807, 2.05) is 6.07 Å². The minimum absolute atomic E-state index is 0.0971. The number of anilines is 1. The zero-order valence-electron chi connectivity index (χ0n) is 11.1. The van der Waals surface area contributed by atoms with Crippen molar-refractivity contribution in [2.75, 3.05) is 4.72 Å². The highest BCUT2D eigenvalue weighted by atomic mass is 32.2. The van der Waals surface area contributed by atoms with Crippen molar-refractivity contribution in [2.45, 2.75) is 11.8 Å². The molecule has 0 saturated heterocycles. The Balaban J connectivity index is 2.01. The molecule has 3 rings (SSSR count). The lowest BCUT2D eigenvalue weighted by molar-refractivity contribution is 0.594. The largest absolute Gasteiger partial charge is 0.323 e. The normalized spacial score (nSPS) is 11.7. The first-order valence-corrected chi connectivity index (χ1v) is 7.68. The van der Waals surface area contributed by atoms with Gasteiger partial charge in [0.1, 0.15) is 5.82 Å². The highest BCUT2D eigenvalue weighted by Gasteiger charge is 2.19. The number of nitrogens with one attached hydrogen (secondary N) is 2. The van der Waals surface area contributed by atoms with Gasteiger partial charge in [0.25, 0.3) is 10.0 Å². The van der Waals surface area contributed by atoms with E-state index < -0.39 is 15.8 Å². The molecule has 0 atom stereocenters. The molecule has 7 heteroatoms. The fourth-order valence-electron chi connectivity index (χ4n) is 2.05. The van der Waals surface area contributed by atoms with Crippen LogP contribution < -0.4 is 4.72 Å². The number of aryl methyl sites for hydroxylation is 1. The predicted molar refractivity (Wildman–Crippen MR) is 78.0 cm³/mol. The van der Waals surface area contributed by atoms with E-state index in [0.717, 1.165) is 6.07 Å². The Kier molecular flexibility index (Phi) is 3.13. The van der Waals surface area contributed by atoms with E-state index >= 15 is 0 Å². The summed E-state index contributed by atoms with van der Waals surface area (Å²) in [6.07, 6.45) is 0. The minimum atomic E-state index is -3.90. The number of imidazole rings is 1. The molecule has 0 radical (unpaired) electrons. The summed E-state index contributed by atoms with van der Waals surface area (Å²) in [6.45, 7) is 1.60. The first-order chi connectivity index (χ1) is 9.95. The fraction of sp³-hybridized carbons (Fsp3) is 0.0714. The smallest absolute Gasteiger partial charge is 0.264 e. The second kappa shape index (κ2) is 4.85. The lowest BCUT2D eigenvalue weighted by Crippen LogP contribution is -2.15. The van der Waals surface area contributed by atoms with Gasteiger partial charge >= 0.3 is 0 Å². The third-order valence-electron chi connectivity index (χ3n) is 3.06. The molecule has 2 aromatic carbocycles. The molecule has 0 amide bonds. The number of aromatic nitrogens is 2. The number of sulfonamides is 1. The Morgan fingerprint density at radius 1 is 1.19 bits per heavy atom. The molecule has 0 fully saturated rings. The van der Waals surface area contributed by atoms with Crippen LogP contribution in [0, 0.1) is 12.7 Å². The van der Waals surface area contributed by atoms with E-state index in [1.54, 1.807) is 25.1 Å². The third kappa shape index (κ3) is 2.59. The number of nitrogens with zero attached hydrogens (tertiary/aromatic N) is 1. The van der Waals surface area contributed by atoms with Crippen LogP contribution in [0.15, 0.2) is 47.4 Å². The van der Waals surface area contributed by atoms with Gasteiger partial charge in [0, 0.05) is 0 Å². The van der Waals surface area contributed by atoms with Gasteiger partial charge in [-0.15, -0.1) is 0 Å². The van der Waals surface area contributed by atoms with E-state index in [0.29, 0.717) is 16.6 Å². The van der Waals surface area contributed by atoms with E-state index in [2.05, 4.69) is 14.7 Å². The average molecular weight is 305 g/mol. The van der Waals surface area contributed by atoms with Crippen LogP contribution in [-0.2, 0) is 10.0 Å². The number of hydrogen-bond acceptors (Lipinski definition) is 3. The maximum atomic E-state index is 13.3. The minimum Gasteiger partial charge on any atom is -0.323 e. The van der Waals surface area contributed by atoms with Crippen LogP contribution >= 0.6 is 0 Å². The second-order valence-electron chi connectivity index (χ2n) is 4.62. The molecule has 5 nitrogen and oxygen atoms in total. The van der Waals surface area contributed by atoms with Crippen molar-refractivity contribution >= 4 is 27.0 Å². The molecular formula is C14H12FN3O2S. The maximum absolute atomic E-state index is 13.3. The maximum Gasteiger partial charge on any atom is 0.264 e. The Morgan fingerprint density at radius 3 is 2.71 bits per heavy atom. The van der Waals surface area contributed by atoms with E-state index in [4.69, 9.17) is 0 Å². The highest BCUT2D eigenvalue weighted by Crippen LogP contribution is 2.20. The fourth-order valence-corrected chi connectivity index (χ4v) is 3.27. The summed E-state index contributed by atoms with van der Waals surface area (Å²) >= 11 is 0. The zero-order chi connectivity index (χ0) is 15.0. The molecule has 0 spiro atoms. The van der Waals surface area contributed by atoms with Gasteiger partial charge in [0.05, 0.1) is 15.9 Å². The van der Waals surface area contributed by atoms with Crippen LogP contribution in [0.25, 0.3) is 11.0 Å². The van der Waals surface area contributed by atoms with Crippen LogP contribution in [0.5, 0.6) is 0 Å². The van der Waals surface area contributed by atoms with Crippen molar-refractivity contribution in [3.8, 4) is 0 Å². The van der Waals surface area contributed by atoms with Crippen molar-refractivity contribution < 1.29 is 12.8 Å². The average Bonchev–Trinajstić information content (AvgIpc) is 2.82. The van der Waals surface area contributed by atoms with Gasteiger partial charge in [-0.3, -0.25) is 0 Å². The lowest BCUT2D eigenvalue weighted by Gasteiger charge is -2.08. The summed E-state index contributed by atoms with van der Waals surface area (Å²) in [4.78, 5) is 6.89. The van der Waals surface area contributed by atoms with Gasteiger partial charge in [-0.2, -0.15) is 0 Å². The molecular weight excluding hydrogens is 293 g/mol. The number of rotatable bonds is 3. The van der Waals surface area contributed by atoms with Crippen molar-refractivity contribution in [3.05, 3.63) is 53.8 Å². The quantitative estimate of drug-likeness (QED) is 0.781. The number of H-pyrrole nitrogens is 1. The summed E-state index contributed by atoms with van der Waals surface area (Å²) in [5.41, 5.74) is 1.82. The summed E-state index contributed by atoms with van der Waals surface area (Å²) in [5.74, 6) is -0.509. The van der Waals surface area contributed by atoms with Crippen LogP contribution in [-0.4, -0.2) is 18.4 Å². The molecule has 21 heavy (non-hydrogen) atoms. The van der Waals surface area contributed by atoms with Crippen molar-refractivity contribution in [1.82, 2.24) is 9.97 Å². The van der Waals surface area contributed by atoms with Crippen LogP contribution in [0.4, 0.5) is 10.3 Å². The molecule has 1 aromatic heterocycles. The first-order valence-electron chi connectivity index (χ1n) is 6.19. The number of hydrogen-bond donors (Lipinski definition) is 2. The Labute approximate surface area is 120 Å². The molecule has 1 heterocycles. The summed E-state index contributed by atoms with van der Waals surface area (Å²) in [6, 6.07) is 10.8. The molecule has 0 aliphatic carbocycles. The van der Waals surface area contributed by atoms with Crippen LogP contribution in [0.3, 0.4) is 0 Å². The predicted octanol–water partition coefficient (Wildman–Crippen LogP) is 2.81. The summed E-state index contributed by atoms with van der Waals surface area (Å²) < 4.78 is 40.2. The van der Waals surface area contributed by atoms with Gasteiger partial charge < -0.3 is 4.98 Å². The Bertz CT molecular complexity index is 886. The molecule has 0 saturated carbocycles. The molecule has 108 valence electrons. The molecule has 3 aromatic rings. The number of halogens is 1. The number of fused-ring (bicyclic) bond motifs is 1. The molecule has 2 N–H and O–H groups in total. The number of benzene rings is 2. The first kappa shape index (κ1) is 13.6. The number of para-hydroxylation sites is 2. The SMILES string of the molecule is Cc1ccc(F)cc1S(=O)(=O)Nc1nc2ccccc2[nH]1. The second-order valence-corrected chi connectivity index (χ2v) is 6.27. The topological polar surface area (TPSA) is 74.8 Å². The monoisotopic (exact) mass is 305 g/mol. The Morgan fingerprint density at radius 2 is 1.95 bits per heavy atom. The number of aromatic amines is 1. The van der Waals surface area contributed by atoms with Gasteiger partial charge in [0.2, 0.25) is 5.95 Å². The summed E-state index contributed by atoms with van der Waals surface area (Å²) in [5, 5.41) is 0. The van der Waals surface area contributed by atoms with E-state index in [1.165, 1.54) is 12.1 Å².